The summed E-state index contributed by atoms with van der Waals surface area (Å²) in [6, 6.07) is 5.93. The summed E-state index contributed by atoms with van der Waals surface area (Å²) in [4.78, 5) is 12.4. The van der Waals surface area contributed by atoms with Crippen LogP contribution in [-0.2, 0) is 14.0 Å². The van der Waals surface area contributed by atoms with Gasteiger partial charge < -0.3 is 14.0 Å². The predicted molar refractivity (Wildman–Crippen MR) is 114 cm³/mol. The van der Waals surface area contributed by atoms with Crippen molar-refractivity contribution in [2.24, 2.45) is 5.92 Å². The van der Waals surface area contributed by atoms with E-state index in [-0.39, 0.29) is 0 Å². The first-order valence-corrected chi connectivity index (χ1v) is 10.0. The summed E-state index contributed by atoms with van der Waals surface area (Å²) < 4.78 is 17.8. The molecule has 1 N–H and O–H groups in total. The van der Waals surface area contributed by atoms with Gasteiger partial charge in [0, 0.05) is 11.2 Å². The number of rotatable bonds is 4. The van der Waals surface area contributed by atoms with E-state index in [2.05, 4.69) is 17.5 Å². The van der Waals surface area contributed by atoms with E-state index < -0.39 is 30.0 Å². The van der Waals surface area contributed by atoms with Crippen molar-refractivity contribution in [3.63, 3.8) is 0 Å². The van der Waals surface area contributed by atoms with Gasteiger partial charge in [-0.05, 0) is 78.9 Å². The molecule has 1 heterocycles. The molecule has 1 aliphatic carbocycles. The van der Waals surface area contributed by atoms with E-state index in [4.69, 9.17) is 14.0 Å². The number of ether oxygens (including phenoxy) is 1. The number of carbonyl (C=O) groups excluding carboxylic acids is 1. The van der Waals surface area contributed by atoms with Gasteiger partial charge in [-0.3, -0.25) is 5.32 Å². The number of nitrogens with one attached hydrogen (secondary N) is 1. The zero-order chi connectivity index (χ0) is 20.7. The maximum Gasteiger partial charge on any atom is 0.496 e. The second-order valence-corrected chi connectivity index (χ2v) is 9.76. The molecule has 0 radical (unpaired) electrons. The largest absolute Gasteiger partial charge is 0.496 e. The Kier molecular flexibility index (Phi) is 5.41. The van der Waals surface area contributed by atoms with Crippen molar-refractivity contribution in [3.8, 4) is 0 Å². The van der Waals surface area contributed by atoms with E-state index in [1.54, 1.807) is 0 Å². The summed E-state index contributed by atoms with van der Waals surface area (Å²) in [6.45, 7) is 13.6. The fourth-order valence-corrected chi connectivity index (χ4v) is 2.91. The van der Waals surface area contributed by atoms with Crippen LogP contribution in [0.4, 0.5) is 10.5 Å². The van der Waals surface area contributed by atoms with E-state index in [0.29, 0.717) is 11.6 Å². The van der Waals surface area contributed by atoms with Crippen LogP contribution in [0.5, 0.6) is 0 Å². The van der Waals surface area contributed by atoms with Crippen LogP contribution in [0, 0.1) is 5.92 Å². The number of carbonyl (C=O) groups is 1. The molecule has 28 heavy (non-hydrogen) atoms. The third kappa shape index (κ3) is 4.98. The average molecular weight is 385 g/mol. The Hall–Kier alpha value is -1.79. The Balaban J connectivity index is 1.88. The summed E-state index contributed by atoms with van der Waals surface area (Å²) in [5.74, 6) is 0.685. The van der Waals surface area contributed by atoms with Crippen molar-refractivity contribution >= 4 is 30.4 Å². The van der Waals surface area contributed by atoms with Gasteiger partial charge in [0.1, 0.15) is 5.60 Å². The summed E-state index contributed by atoms with van der Waals surface area (Å²) in [5.41, 5.74) is 0.978. The first kappa shape index (κ1) is 20.9. The summed E-state index contributed by atoms with van der Waals surface area (Å²) in [5, 5.41) is 2.89. The minimum absolute atomic E-state index is 0.453. The fraction of sp³-hybridized carbons (Fsp3) is 0.591. The Morgan fingerprint density at radius 3 is 2.32 bits per heavy atom. The second kappa shape index (κ2) is 7.23. The summed E-state index contributed by atoms with van der Waals surface area (Å²) in [7, 11) is -0.559. The highest BCUT2D eigenvalue weighted by Gasteiger charge is 2.52. The van der Waals surface area contributed by atoms with Crippen LogP contribution < -0.4 is 10.8 Å². The van der Waals surface area contributed by atoms with Crippen LogP contribution in [0.15, 0.2) is 24.3 Å². The maximum absolute atomic E-state index is 12.4. The maximum atomic E-state index is 12.4. The second-order valence-electron chi connectivity index (χ2n) is 9.76. The van der Waals surface area contributed by atoms with Crippen molar-refractivity contribution in [3.05, 3.63) is 29.8 Å². The fourth-order valence-electron chi connectivity index (χ4n) is 2.91. The number of anilines is 1. The SMILES string of the molecule is CC(C)(C)OC(=O)Nc1cc(/C=C/C2CC2)ccc1B1OC(C)(C)C(C)(C)O1. The van der Waals surface area contributed by atoms with Crippen LogP contribution in [0.3, 0.4) is 0 Å². The van der Waals surface area contributed by atoms with E-state index in [1.165, 1.54) is 12.8 Å². The van der Waals surface area contributed by atoms with Crippen molar-refractivity contribution in [2.45, 2.75) is 78.1 Å². The van der Waals surface area contributed by atoms with Gasteiger partial charge >= 0.3 is 13.2 Å². The number of allylic oxidation sites excluding steroid dienone is 1. The minimum atomic E-state index is -0.571. The monoisotopic (exact) mass is 385 g/mol. The smallest absolute Gasteiger partial charge is 0.444 e. The van der Waals surface area contributed by atoms with Gasteiger partial charge in [0.25, 0.3) is 0 Å². The Labute approximate surface area is 169 Å². The molecule has 1 aromatic carbocycles. The van der Waals surface area contributed by atoms with Gasteiger partial charge in [-0.2, -0.15) is 0 Å². The van der Waals surface area contributed by atoms with Crippen LogP contribution in [0.2, 0.25) is 0 Å². The first-order valence-electron chi connectivity index (χ1n) is 10.0. The number of hydrogen-bond acceptors (Lipinski definition) is 4. The lowest BCUT2D eigenvalue weighted by Crippen LogP contribution is -2.41. The van der Waals surface area contributed by atoms with Crippen molar-refractivity contribution in [1.29, 1.82) is 0 Å². The molecule has 5 nitrogen and oxygen atoms in total. The van der Waals surface area contributed by atoms with Gasteiger partial charge in [-0.15, -0.1) is 0 Å². The van der Waals surface area contributed by atoms with Crippen LogP contribution >= 0.6 is 0 Å². The van der Waals surface area contributed by atoms with Crippen molar-refractivity contribution in [1.82, 2.24) is 0 Å². The molecule has 0 aromatic heterocycles. The third-order valence-corrected chi connectivity index (χ3v) is 5.40. The summed E-state index contributed by atoms with van der Waals surface area (Å²) in [6.07, 6.45) is 6.35. The highest BCUT2D eigenvalue weighted by molar-refractivity contribution is 6.64. The normalized spacial score (nSPS) is 21.2. The molecule has 1 saturated carbocycles. The molecule has 0 spiro atoms. The molecule has 1 aliphatic heterocycles. The van der Waals surface area contributed by atoms with Gasteiger partial charge in [0.05, 0.1) is 11.2 Å². The highest BCUT2D eigenvalue weighted by atomic mass is 16.7. The molecule has 6 heteroatoms. The van der Waals surface area contributed by atoms with Gasteiger partial charge in [0.2, 0.25) is 0 Å². The molecule has 0 atom stereocenters. The molecule has 1 saturated heterocycles. The molecule has 0 bridgehead atoms. The lowest BCUT2D eigenvalue weighted by molar-refractivity contribution is 0.00578. The van der Waals surface area contributed by atoms with Gasteiger partial charge in [-0.25, -0.2) is 4.79 Å². The molecule has 152 valence electrons. The van der Waals surface area contributed by atoms with E-state index in [1.807, 2.05) is 66.7 Å². The Bertz CT molecular complexity index is 759. The molecular formula is C22H32BNO4. The Morgan fingerprint density at radius 1 is 1.18 bits per heavy atom. The molecule has 3 rings (SSSR count). The lowest BCUT2D eigenvalue weighted by atomic mass is 9.77. The van der Waals surface area contributed by atoms with Crippen molar-refractivity contribution < 1.29 is 18.8 Å². The van der Waals surface area contributed by atoms with E-state index in [9.17, 15) is 4.79 Å². The lowest BCUT2D eigenvalue weighted by Gasteiger charge is -2.32. The standard InChI is InChI=1S/C22H32BNO4/c1-20(2,3)26-19(25)24-18-14-16(11-10-15-8-9-15)12-13-17(18)23-27-21(4,5)22(6,7)28-23/h10-15H,8-9H2,1-7H3,(H,24,25)/b11-10+. The molecule has 1 aromatic rings. The van der Waals surface area contributed by atoms with Crippen molar-refractivity contribution in [2.75, 3.05) is 5.32 Å². The number of amides is 1. The molecule has 0 unspecified atom stereocenters. The third-order valence-electron chi connectivity index (χ3n) is 5.40. The van der Waals surface area contributed by atoms with Crippen LogP contribution in [0.1, 0.15) is 66.9 Å². The van der Waals surface area contributed by atoms with Crippen LogP contribution in [0.25, 0.3) is 6.08 Å². The van der Waals surface area contributed by atoms with Crippen LogP contribution in [-0.4, -0.2) is 30.0 Å². The highest BCUT2D eigenvalue weighted by Crippen LogP contribution is 2.37. The molecular weight excluding hydrogens is 353 g/mol. The molecule has 2 fully saturated rings. The predicted octanol–water partition coefficient (Wildman–Crippen LogP) is 4.76. The first-order chi connectivity index (χ1) is 12.9. The van der Waals surface area contributed by atoms with E-state index >= 15 is 0 Å². The van der Waals surface area contributed by atoms with Gasteiger partial charge in [-0.1, -0.05) is 24.3 Å². The van der Waals surface area contributed by atoms with Gasteiger partial charge in [0.15, 0.2) is 0 Å². The topological polar surface area (TPSA) is 56.8 Å². The average Bonchev–Trinajstić information content (AvgIpc) is 3.30. The zero-order valence-electron chi connectivity index (χ0n) is 18.1. The minimum Gasteiger partial charge on any atom is -0.444 e. The molecule has 1 amide bonds. The summed E-state index contributed by atoms with van der Waals surface area (Å²) >= 11 is 0. The van der Waals surface area contributed by atoms with E-state index in [0.717, 1.165) is 11.0 Å². The number of hydrogen-bond donors (Lipinski definition) is 1. The number of benzene rings is 1. The zero-order valence-corrected chi connectivity index (χ0v) is 18.1. The Morgan fingerprint density at radius 2 is 1.79 bits per heavy atom. The quantitative estimate of drug-likeness (QED) is 0.760. The molecule has 2 aliphatic rings.